The highest BCUT2D eigenvalue weighted by Crippen LogP contribution is 2.25. The Hall–Kier alpha value is -2.71. The summed E-state index contributed by atoms with van der Waals surface area (Å²) in [6, 6.07) is 13.7. The molecule has 0 unspecified atom stereocenters. The van der Waals surface area contributed by atoms with E-state index in [1.165, 1.54) is 18.3 Å². The number of nitrogens with zero attached hydrogens (tertiary/aromatic N) is 2. The van der Waals surface area contributed by atoms with E-state index in [4.69, 9.17) is 0 Å². The molecule has 140 valence electrons. The van der Waals surface area contributed by atoms with Crippen LogP contribution in [0.15, 0.2) is 65.0 Å². The number of aryl methyl sites for hydroxylation is 2. The molecule has 0 atom stereocenters. The first-order valence-electron chi connectivity index (χ1n) is 8.22. The summed E-state index contributed by atoms with van der Waals surface area (Å²) in [5.41, 5.74) is 2.66. The van der Waals surface area contributed by atoms with Gasteiger partial charge in [0.25, 0.3) is 10.0 Å². The van der Waals surface area contributed by atoms with Crippen LogP contribution in [-0.2, 0) is 14.8 Å². The fourth-order valence-corrected chi connectivity index (χ4v) is 4.96. The van der Waals surface area contributed by atoms with Gasteiger partial charge in [0.05, 0.1) is 4.90 Å². The first kappa shape index (κ1) is 19.1. The summed E-state index contributed by atoms with van der Waals surface area (Å²) in [5.74, 6) is -0.435. The van der Waals surface area contributed by atoms with Gasteiger partial charge in [-0.2, -0.15) is 0 Å². The lowest BCUT2D eigenvalue weighted by atomic mass is 10.1. The van der Waals surface area contributed by atoms with Gasteiger partial charge in [-0.1, -0.05) is 24.3 Å². The number of sulfonamides is 1. The van der Waals surface area contributed by atoms with E-state index in [0.29, 0.717) is 5.69 Å². The van der Waals surface area contributed by atoms with Crippen LogP contribution in [0, 0.1) is 13.8 Å². The molecule has 0 saturated carbocycles. The zero-order valence-electron chi connectivity index (χ0n) is 14.9. The molecule has 27 heavy (non-hydrogen) atoms. The van der Waals surface area contributed by atoms with Gasteiger partial charge in [-0.15, -0.1) is 11.3 Å². The van der Waals surface area contributed by atoms with Gasteiger partial charge in [0.2, 0.25) is 5.91 Å². The molecular weight excluding hydrogens is 382 g/mol. The molecule has 0 aliphatic rings. The summed E-state index contributed by atoms with van der Waals surface area (Å²) in [7, 11) is -3.91. The molecule has 0 aliphatic carbocycles. The molecule has 0 bridgehead atoms. The van der Waals surface area contributed by atoms with Gasteiger partial charge in [0, 0.05) is 17.3 Å². The van der Waals surface area contributed by atoms with Crippen molar-refractivity contribution in [3.63, 3.8) is 0 Å². The van der Waals surface area contributed by atoms with Gasteiger partial charge in [0.1, 0.15) is 6.54 Å². The van der Waals surface area contributed by atoms with E-state index in [2.05, 4.69) is 10.3 Å². The summed E-state index contributed by atoms with van der Waals surface area (Å²) in [4.78, 5) is 16.8. The van der Waals surface area contributed by atoms with E-state index in [1.807, 2.05) is 32.0 Å². The van der Waals surface area contributed by atoms with Gasteiger partial charge < -0.3 is 5.32 Å². The second-order valence-corrected chi connectivity index (χ2v) is 8.80. The number of thiazole rings is 1. The Morgan fingerprint density at radius 2 is 1.78 bits per heavy atom. The van der Waals surface area contributed by atoms with Crippen molar-refractivity contribution >= 4 is 38.1 Å². The fourth-order valence-electron chi connectivity index (χ4n) is 2.69. The maximum absolute atomic E-state index is 13.0. The second kappa shape index (κ2) is 7.89. The standard InChI is InChI=1S/C19H19N3O3S2/c1-14-10-15(2)12-16(11-14)21-18(23)13-22(19-20-8-9-26-19)27(24,25)17-6-4-3-5-7-17/h3-12H,13H2,1-2H3,(H,21,23). The smallest absolute Gasteiger partial charge is 0.266 e. The summed E-state index contributed by atoms with van der Waals surface area (Å²) < 4.78 is 27.1. The number of rotatable bonds is 6. The minimum atomic E-state index is -3.91. The normalized spacial score (nSPS) is 11.2. The van der Waals surface area contributed by atoms with Gasteiger partial charge >= 0.3 is 0 Å². The quantitative estimate of drug-likeness (QED) is 0.684. The summed E-state index contributed by atoms with van der Waals surface area (Å²) >= 11 is 1.16. The minimum absolute atomic E-state index is 0.111. The lowest BCUT2D eigenvalue weighted by molar-refractivity contribution is -0.114. The monoisotopic (exact) mass is 401 g/mol. The van der Waals surface area contributed by atoms with Gasteiger partial charge in [0.15, 0.2) is 5.13 Å². The molecule has 0 spiro atoms. The molecule has 1 amide bonds. The van der Waals surface area contributed by atoms with E-state index in [0.717, 1.165) is 26.8 Å². The van der Waals surface area contributed by atoms with Crippen LogP contribution < -0.4 is 9.62 Å². The predicted molar refractivity (Wildman–Crippen MR) is 108 cm³/mol. The molecule has 1 aromatic heterocycles. The summed E-state index contributed by atoms with van der Waals surface area (Å²) in [6.45, 7) is 3.51. The Balaban J connectivity index is 1.88. The highest BCUT2D eigenvalue weighted by atomic mass is 32.2. The molecule has 6 nitrogen and oxygen atoms in total. The lowest BCUT2D eigenvalue weighted by Gasteiger charge is -2.21. The highest BCUT2D eigenvalue weighted by Gasteiger charge is 2.28. The van der Waals surface area contributed by atoms with Crippen LogP contribution >= 0.6 is 11.3 Å². The molecule has 1 heterocycles. The molecule has 0 aliphatic heterocycles. The third-order valence-electron chi connectivity index (χ3n) is 3.76. The molecular formula is C19H19N3O3S2. The summed E-state index contributed by atoms with van der Waals surface area (Å²) in [5, 5.41) is 4.69. The van der Waals surface area contributed by atoms with Crippen LogP contribution in [0.4, 0.5) is 10.8 Å². The number of hydrogen-bond donors (Lipinski definition) is 1. The van der Waals surface area contributed by atoms with Gasteiger partial charge in [-0.05, 0) is 49.2 Å². The maximum atomic E-state index is 13.0. The van der Waals surface area contributed by atoms with Crippen molar-refractivity contribution in [2.45, 2.75) is 18.7 Å². The van der Waals surface area contributed by atoms with Crippen LogP contribution in [0.1, 0.15) is 11.1 Å². The topological polar surface area (TPSA) is 79.4 Å². The molecule has 0 radical (unpaired) electrons. The third kappa shape index (κ3) is 4.53. The molecule has 3 aromatic rings. The Bertz CT molecular complexity index is 1010. The van der Waals surface area contributed by atoms with Crippen LogP contribution in [0.25, 0.3) is 0 Å². The van der Waals surface area contributed by atoms with Crippen molar-refractivity contribution in [2.24, 2.45) is 0 Å². The Morgan fingerprint density at radius 3 is 2.37 bits per heavy atom. The average molecular weight is 402 g/mol. The molecule has 3 rings (SSSR count). The molecule has 8 heteroatoms. The molecule has 0 saturated heterocycles. The maximum Gasteiger partial charge on any atom is 0.266 e. The predicted octanol–water partition coefficient (Wildman–Crippen LogP) is 3.59. The zero-order chi connectivity index (χ0) is 19.4. The number of anilines is 2. The number of nitrogens with one attached hydrogen (secondary N) is 1. The first-order chi connectivity index (χ1) is 12.9. The molecule has 1 N–H and O–H groups in total. The van der Waals surface area contributed by atoms with E-state index < -0.39 is 15.9 Å². The highest BCUT2D eigenvalue weighted by molar-refractivity contribution is 7.93. The number of aromatic nitrogens is 1. The van der Waals surface area contributed by atoms with Crippen LogP contribution in [0.3, 0.4) is 0 Å². The van der Waals surface area contributed by atoms with Crippen molar-refractivity contribution < 1.29 is 13.2 Å². The van der Waals surface area contributed by atoms with Crippen molar-refractivity contribution in [1.29, 1.82) is 0 Å². The van der Waals surface area contributed by atoms with Crippen molar-refractivity contribution in [2.75, 3.05) is 16.2 Å². The number of benzene rings is 2. The van der Waals surface area contributed by atoms with Crippen LogP contribution in [-0.4, -0.2) is 25.9 Å². The van der Waals surface area contributed by atoms with Crippen molar-refractivity contribution in [3.8, 4) is 0 Å². The summed E-state index contributed by atoms with van der Waals surface area (Å²) in [6.07, 6.45) is 1.51. The van der Waals surface area contributed by atoms with E-state index in [-0.39, 0.29) is 16.6 Å². The Kier molecular flexibility index (Phi) is 5.57. The van der Waals surface area contributed by atoms with Gasteiger partial charge in [-0.25, -0.2) is 17.7 Å². The van der Waals surface area contributed by atoms with Crippen molar-refractivity contribution in [1.82, 2.24) is 4.98 Å². The molecule has 0 fully saturated rings. The van der Waals surface area contributed by atoms with E-state index >= 15 is 0 Å². The Labute approximate surface area is 162 Å². The first-order valence-corrected chi connectivity index (χ1v) is 10.5. The van der Waals surface area contributed by atoms with Crippen molar-refractivity contribution in [3.05, 3.63) is 71.2 Å². The SMILES string of the molecule is Cc1cc(C)cc(NC(=O)CN(c2nccs2)S(=O)(=O)c2ccccc2)c1. The molecule has 2 aromatic carbocycles. The fraction of sp³-hybridized carbons (Fsp3) is 0.158. The second-order valence-electron chi connectivity index (χ2n) is 6.06. The van der Waals surface area contributed by atoms with Crippen LogP contribution in [0.2, 0.25) is 0 Å². The van der Waals surface area contributed by atoms with Gasteiger partial charge in [-0.3, -0.25) is 4.79 Å². The van der Waals surface area contributed by atoms with E-state index in [1.54, 1.807) is 23.6 Å². The lowest BCUT2D eigenvalue weighted by Crippen LogP contribution is -2.38. The minimum Gasteiger partial charge on any atom is -0.324 e. The van der Waals surface area contributed by atoms with Crippen LogP contribution in [0.5, 0.6) is 0 Å². The zero-order valence-corrected chi connectivity index (χ0v) is 16.5. The largest absolute Gasteiger partial charge is 0.324 e. The third-order valence-corrected chi connectivity index (χ3v) is 6.42. The number of amides is 1. The number of carbonyl (C=O) groups is 1. The van der Waals surface area contributed by atoms with E-state index in [9.17, 15) is 13.2 Å². The average Bonchev–Trinajstić information content (AvgIpc) is 3.13. The number of hydrogen-bond acceptors (Lipinski definition) is 5. The Morgan fingerprint density at radius 1 is 1.11 bits per heavy atom. The number of carbonyl (C=O) groups excluding carboxylic acids is 1.